The van der Waals surface area contributed by atoms with Crippen LogP contribution in [0.1, 0.15) is 26.2 Å². The maximum atomic E-state index is 12.0. The van der Waals surface area contributed by atoms with Crippen molar-refractivity contribution < 1.29 is 4.79 Å². The van der Waals surface area contributed by atoms with Gasteiger partial charge in [0.25, 0.3) is 0 Å². The number of alkyl halides is 2. The van der Waals surface area contributed by atoms with E-state index in [0.29, 0.717) is 12.0 Å². The van der Waals surface area contributed by atoms with E-state index in [1.807, 2.05) is 6.92 Å². The number of carbonyl (C=O) groups excluding carboxylic acids is 1. The minimum absolute atomic E-state index is 0.0150. The van der Waals surface area contributed by atoms with Gasteiger partial charge in [0.05, 0.1) is 6.04 Å². The maximum Gasteiger partial charge on any atom is 0.237 e. The van der Waals surface area contributed by atoms with Crippen LogP contribution < -0.4 is 5.32 Å². The lowest BCUT2D eigenvalue weighted by molar-refractivity contribution is -0.126. The second kappa shape index (κ2) is 5.64. The van der Waals surface area contributed by atoms with Crippen molar-refractivity contribution in [2.75, 3.05) is 32.7 Å². The second-order valence-corrected chi connectivity index (χ2v) is 8.00. The van der Waals surface area contributed by atoms with Gasteiger partial charge in [0, 0.05) is 44.7 Å². The van der Waals surface area contributed by atoms with Crippen molar-refractivity contribution >= 4 is 29.1 Å². The van der Waals surface area contributed by atoms with Crippen LogP contribution in [0.4, 0.5) is 0 Å². The number of carbonyl (C=O) groups is 1. The molecule has 6 heteroatoms. The van der Waals surface area contributed by atoms with Crippen LogP contribution in [-0.4, -0.2) is 64.8 Å². The lowest BCUT2D eigenvalue weighted by Crippen LogP contribution is -2.54. The number of amides is 1. The molecule has 3 aliphatic rings. The molecule has 0 bridgehead atoms. The zero-order valence-electron chi connectivity index (χ0n) is 11.9. The molecule has 0 aromatic rings. The molecule has 114 valence electrons. The summed E-state index contributed by atoms with van der Waals surface area (Å²) in [5, 5.41) is 3.09. The van der Waals surface area contributed by atoms with E-state index in [9.17, 15) is 4.79 Å². The fourth-order valence-electron chi connectivity index (χ4n) is 2.83. The Morgan fingerprint density at radius 2 is 1.90 bits per heavy atom. The quantitative estimate of drug-likeness (QED) is 0.779. The third-order valence-corrected chi connectivity index (χ3v) is 5.62. The van der Waals surface area contributed by atoms with Crippen LogP contribution in [0.25, 0.3) is 0 Å². The number of rotatable bonds is 5. The lowest BCUT2D eigenvalue weighted by atomic mass is 10.2. The number of halogens is 2. The van der Waals surface area contributed by atoms with E-state index in [1.165, 1.54) is 0 Å². The van der Waals surface area contributed by atoms with E-state index in [1.54, 1.807) is 0 Å². The standard InChI is InChI=1S/C14H23Cl2N3O/c1-10(13(20)17-12-2-3-12)19-6-4-18(5-7-19)9-11-8-14(11,15)16/h10-12H,2-9H2,1H3,(H,17,20)/t10-,11-/m0/s1. The summed E-state index contributed by atoms with van der Waals surface area (Å²) in [5.41, 5.74) is 0. The minimum atomic E-state index is -0.478. The first kappa shape index (κ1) is 14.9. The fourth-order valence-corrected chi connectivity index (χ4v) is 3.34. The number of nitrogens with zero attached hydrogens (tertiary/aromatic N) is 2. The molecule has 1 N–H and O–H groups in total. The van der Waals surface area contributed by atoms with Crippen molar-refractivity contribution in [2.45, 2.75) is 42.6 Å². The zero-order valence-corrected chi connectivity index (χ0v) is 13.5. The van der Waals surface area contributed by atoms with Gasteiger partial charge in [0.2, 0.25) is 5.91 Å². The Kier molecular flexibility index (Phi) is 4.20. The van der Waals surface area contributed by atoms with E-state index in [2.05, 4.69) is 15.1 Å². The van der Waals surface area contributed by atoms with Crippen molar-refractivity contribution in [2.24, 2.45) is 5.92 Å². The molecule has 4 nitrogen and oxygen atoms in total. The SMILES string of the molecule is C[C@@H](C(=O)NC1CC1)N1CCN(C[C@@H]2CC2(Cl)Cl)CC1. The van der Waals surface area contributed by atoms with Crippen molar-refractivity contribution in [3.63, 3.8) is 0 Å². The highest BCUT2D eigenvalue weighted by Crippen LogP contribution is 2.53. The van der Waals surface area contributed by atoms with E-state index >= 15 is 0 Å². The lowest BCUT2D eigenvalue weighted by Gasteiger charge is -2.37. The molecule has 0 radical (unpaired) electrons. The molecule has 1 heterocycles. The monoisotopic (exact) mass is 319 g/mol. The summed E-state index contributed by atoms with van der Waals surface area (Å²) < 4.78 is -0.478. The molecule has 0 aromatic carbocycles. The average Bonchev–Trinajstić information content (AvgIpc) is 3.30. The molecule has 2 saturated carbocycles. The van der Waals surface area contributed by atoms with Crippen molar-refractivity contribution in [3.05, 3.63) is 0 Å². The Morgan fingerprint density at radius 3 is 2.40 bits per heavy atom. The van der Waals surface area contributed by atoms with Gasteiger partial charge in [-0.05, 0) is 26.2 Å². The van der Waals surface area contributed by atoms with Gasteiger partial charge in [-0.15, -0.1) is 23.2 Å². The predicted molar refractivity (Wildman–Crippen MR) is 81.2 cm³/mol. The Hall–Kier alpha value is -0.0300. The van der Waals surface area contributed by atoms with Gasteiger partial charge in [0.15, 0.2) is 0 Å². The summed E-state index contributed by atoms with van der Waals surface area (Å²) in [6, 6.07) is 0.431. The summed E-state index contributed by atoms with van der Waals surface area (Å²) in [6.45, 7) is 6.90. The van der Waals surface area contributed by atoms with Crippen LogP contribution in [0, 0.1) is 5.92 Å². The highest BCUT2D eigenvalue weighted by molar-refractivity contribution is 6.50. The second-order valence-electron chi connectivity index (χ2n) is 6.46. The first-order valence-corrected chi connectivity index (χ1v) is 8.36. The molecule has 1 saturated heterocycles. The molecular formula is C14H23Cl2N3O. The van der Waals surface area contributed by atoms with E-state index in [4.69, 9.17) is 23.2 Å². The van der Waals surface area contributed by atoms with Crippen LogP contribution in [0.2, 0.25) is 0 Å². The van der Waals surface area contributed by atoms with Gasteiger partial charge < -0.3 is 10.2 Å². The Balaban J connectivity index is 1.40. The predicted octanol–water partition coefficient (Wildman–Crippen LogP) is 1.46. The third-order valence-electron chi connectivity index (χ3n) is 4.69. The molecular weight excluding hydrogens is 297 g/mol. The first-order chi connectivity index (χ1) is 9.45. The summed E-state index contributed by atoms with van der Waals surface area (Å²) in [7, 11) is 0. The van der Waals surface area contributed by atoms with Gasteiger partial charge in [0.1, 0.15) is 4.33 Å². The van der Waals surface area contributed by atoms with Gasteiger partial charge in [-0.3, -0.25) is 9.69 Å². The third kappa shape index (κ3) is 3.59. The molecule has 2 aliphatic carbocycles. The summed E-state index contributed by atoms with van der Waals surface area (Å²) >= 11 is 12.2. The highest BCUT2D eigenvalue weighted by atomic mass is 35.5. The van der Waals surface area contributed by atoms with Crippen LogP contribution in [0.5, 0.6) is 0 Å². The number of nitrogens with one attached hydrogen (secondary N) is 1. The Labute approximate surface area is 130 Å². The normalized spacial score (nSPS) is 31.9. The number of piperazine rings is 1. The fraction of sp³-hybridized carbons (Fsp3) is 0.929. The topological polar surface area (TPSA) is 35.6 Å². The molecule has 3 rings (SSSR count). The van der Waals surface area contributed by atoms with Crippen LogP contribution in [-0.2, 0) is 4.79 Å². The first-order valence-electron chi connectivity index (χ1n) is 7.60. The van der Waals surface area contributed by atoms with Crippen LogP contribution in [0.15, 0.2) is 0 Å². The molecule has 0 spiro atoms. The summed E-state index contributed by atoms with van der Waals surface area (Å²) in [6.07, 6.45) is 3.20. The van der Waals surface area contributed by atoms with Crippen LogP contribution in [0.3, 0.4) is 0 Å². The number of hydrogen-bond donors (Lipinski definition) is 1. The molecule has 3 fully saturated rings. The zero-order chi connectivity index (χ0) is 14.3. The highest BCUT2D eigenvalue weighted by Gasteiger charge is 2.52. The minimum Gasteiger partial charge on any atom is -0.352 e. The van der Waals surface area contributed by atoms with E-state index in [-0.39, 0.29) is 11.9 Å². The molecule has 1 aliphatic heterocycles. The van der Waals surface area contributed by atoms with Crippen molar-refractivity contribution in [1.82, 2.24) is 15.1 Å². The van der Waals surface area contributed by atoms with Crippen molar-refractivity contribution in [3.8, 4) is 0 Å². The molecule has 1 amide bonds. The van der Waals surface area contributed by atoms with Crippen LogP contribution >= 0.6 is 23.2 Å². The summed E-state index contributed by atoms with van der Waals surface area (Å²) in [5.74, 6) is 0.608. The van der Waals surface area contributed by atoms with Gasteiger partial charge in [-0.2, -0.15) is 0 Å². The average molecular weight is 320 g/mol. The van der Waals surface area contributed by atoms with E-state index in [0.717, 1.165) is 52.0 Å². The molecule has 2 atom stereocenters. The molecule has 20 heavy (non-hydrogen) atoms. The largest absolute Gasteiger partial charge is 0.352 e. The van der Waals surface area contributed by atoms with Gasteiger partial charge >= 0.3 is 0 Å². The van der Waals surface area contributed by atoms with Gasteiger partial charge in [-0.1, -0.05) is 0 Å². The van der Waals surface area contributed by atoms with Gasteiger partial charge in [-0.25, -0.2) is 0 Å². The van der Waals surface area contributed by atoms with Crippen molar-refractivity contribution in [1.29, 1.82) is 0 Å². The summed E-state index contributed by atoms with van der Waals surface area (Å²) in [4.78, 5) is 16.7. The number of hydrogen-bond acceptors (Lipinski definition) is 3. The Bertz CT molecular complexity index is 379. The smallest absolute Gasteiger partial charge is 0.237 e. The Morgan fingerprint density at radius 1 is 1.30 bits per heavy atom. The van der Waals surface area contributed by atoms with E-state index < -0.39 is 4.33 Å². The molecule has 0 unspecified atom stereocenters. The maximum absolute atomic E-state index is 12.0. The molecule has 0 aromatic heterocycles.